The molecular weight excluding hydrogens is 312 g/mol. The molecule has 0 radical (unpaired) electrons. The summed E-state index contributed by atoms with van der Waals surface area (Å²) in [5, 5.41) is 10.5. The van der Waals surface area contributed by atoms with Gasteiger partial charge in [0, 0.05) is 5.97 Å². The molecule has 0 saturated heterocycles. The summed E-state index contributed by atoms with van der Waals surface area (Å²) in [6, 6.07) is 3.65. The van der Waals surface area contributed by atoms with Crippen molar-refractivity contribution in [3.63, 3.8) is 0 Å². The summed E-state index contributed by atoms with van der Waals surface area (Å²) >= 11 is 3.43. The van der Waals surface area contributed by atoms with Gasteiger partial charge in [-0.1, -0.05) is 13.3 Å². The second kappa shape index (κ2) is 8.04. The van der Waals surface area contributed by atoms with E-state index in [1.165, 1.54) is 0 Å². The molecule has 0 bridgehead atoms. The fraction of sp³-hybridized carbons (Fsp3) is 0.500. The van der Waals surface area contributed by atoms with Gasteiger partial charge in [0.1, 0.15) is 0 Å². The molecule has 0 aromatic heterocycles. The SMILES string of the molecule is CCCCOc1c(Br)cc(CCC(=O)[O-])cc1OC. The number of benzene rings is 1. The Kier molecular flexibility index (Phi) is 6.70. The molecule has 0 amide bonds. The van der Waals surface area contributed by atoms with Crippen LogP contribution in [0.5, 0.6) is 11.5 Å². The normalized spacial score (nSPS) is 10.3. The van der Waals surface area contributed by atoms with Gasteiger partial charge in [0.15, 0.2) is 11.5 Å². The minimum Gasteiger partial charge on any atom is -0.550 e. The maximum Gasteiger partial charge on any atom is 0.175 e. The van der Waals surface area contributed by atoms with Crippen LogP contribution in [0.3, 0.4) is 0 Å². The van der Waals surface area contributed by atoms with Crippen LogP contribution in [-0.4, -0.2) is 19.7 Å². The van der Waals surface area contributed by atoms with E-state index in [0.717, 1.165) is 22.9 Å². The van der Waals surface area contributed by atoms with Gasteiger partial charge in [-0.3, -0.25) is 0 Å². The quantitative estimate of drug-likeness (QED) is 0.687. The van der Waals surface area contributed by atoms with Crippen LogP contribution in [0, 0.1) is 0 Å². The highest BCUT2D eigenvalue weighted by Gasteiger charge is 2.11. The van der Waals surface area contributed by atoms with Gasteiger partial charge in [-0.2, -0.15) is 0 Å². The summed E-state index contributed by atoms with van der Waals surface area (Å²) in [6.45, 7) is 2.72. The number of halogens is 1. The summed E-state index contributed by atoms with van der Waals surface area (Å²) < 4.78 is 11.7. The number of methoxy groups -OCH3 is 1. The zero-order valence-corrected chi connectivity index (χ0v) is 12.8. The molecule has 0 saturated carbocycles. The number of carboxylic acids is 1. The van der Waals surface area contributed by atoms with Crippen LogP contribution in [0.1, 0.15) is 31.7 Å². The first-order valence-electron chi connectivity index (χ1n) is 6.27. The third-order valence-electron chi connectivity index (χ3n) is 2.65. The number of hydrogen-bond acceptors (Lipinski definition) is 4. The smallest absolute Gasteiger partial charge is 0.175 e. The lowest BCUT2D eigenvalue weighted by molar-refractivity contribution is -0.305. The lowest BCUT2D eigenvalue weighted by Gasteiger charge is -2.14. The molecule has 0 heterocycles. The molecule has 0 fully saturated rings. The highest BCUT2D eigenvalue weighted by molar-refractivity contribution is 9.10. The van der Waals surface area contributed by atoms with Crippen molar-refractivity contribution in [3.8, 4) is 11.5 Å². The van der Waals surface area contributed by atoms with E-state index in [9.17, 15) is 9.90 Å². The standard InChI is InChI=1S/C14H19BrO4/c1-3-4-7-19-14-11(15)8-10(5-6-13(16)17)9-12(14)18-2/h8-9H,3-7H2,1-2H3,(H,16,17)/p-1. The molecule has 0 N–H and O–H groups in total. The predicted molar refractivity (Wildman–Crippen MR) is 74.4 cm³/mol. The van der Waals surface area contributed by atoms with E-state index in [1.54, 1.807) is 13.2 Å². The summed E-state index contributed by atoms with van der Waals surface area (Å²) in [4.78, 5) is 10.5. The first-order valence-corrected chi connectivity index (χ1v) is 7.06. The van der Waals surface area contributed by atoms with E-state index < -0.39 is 5.97 Å². The van der Waals surface area contributed by atoms with E-state index in [0.29, 0.717) is 24.5 Å². The van der Waals surface area contributed by atoms with Gasteiger partial charge in [0.2, 0.25) is 0 Å². The van der Waals surface area contributed by atoms with Crippen LogP contribution in [0.15, 0.2) is 16.6 Å². The average Bonchev–Trinajstić information content (AvgIpc) is 2.38. The Morgan fingerprint density at radius 2 is 2.16 bits per heavy atom. The average molecular weight is 330 g/mol. The molecule has 4 nitrogen and oxygen atoms in total. The zero-order chi connectivity index (χ0) is 14.3. The van der Waals surface area contributed by atoms with Crippen molar-refractivity contribution in [1.29, 1.82) is 0 Å². The van der Waals surface area contributed by atoms with Crippen molar-refractivity contribution in [2.45, 2.75) is 32.6 Å². The maximum absolute atomic E-state index is 10.5. The third-order valence-corrected chi connectivity index (χ3v) is 3.24. The van der Waals surface area contributed by atoms with Crippen molar-refractivity contribution >= 4 is 21.9 Å². The van der Waals surface area contributed by atoms with E-state index in [1.807, 2.05) is 6.07 Å². The summed E-state index contributed by atoms with van der Waals surface area (Å²) in [6.07, 6.45) is 2.43. The molecule has 0 atom stereocenters. The zero-order valence-electron chi connectivity index (χ0n) is 11.2. The number of carboxylic acid groups (broad SMARTS) is 1. The number of carbonyl (C=O) groups excluding carboxylic acids is 1. The number of ether oxygens (including phenoxy) is 2. The Labute approximate surface area is 121 Å². The third kappa shape index (κ3) is 5.11. The second-order valence-electron chi connectivity index (χ2n) is 4.18. The molecule has 0 aliphatic rings. The Morgan fingerprint density at radius 3 is 2.74 bits per heavy atom. The minimum atomic E-state index is -1.06. The van der Waals surface area contributed by atoms with Crippen LogP contribution in [0.4, 0.5) is 0 Å². The van der Waals surface area contributed by atoms with Crippen LogP contribution >= 0.6 is 15.9 Å². The molecule has 0 spiro atoms. The van der Waals surface area contributed by atoms with E-state index in [-0.39, 0.29) is 6.42 Å². The highest BCUT2D eigenvalue weighted by Crippen LogP contribution is 2.37. The van der Waals surface area contributed by atoms with Crippen molar-refractivity contribution in [2.24, 2.45) is 0 Å². The number of carbonyl (C=O) groups is 1. The van der Waals surface area contributed by atoms with Gasteiger partial charge < -0.3 is 19.4 Å². The molecule has 1 aromatic carbocycles. The Hall–Kier alpha value is -1.23. The molecule has 0 aliphatic carbocycles. The highest BCUT2D eigenvalue weighted by atomic mass is 79.9. The summed E-state index contributed by atoms with van der Waals surface area (Å²) in [5.41, 5.74) is 0.871. The van der Waals surface area contributed by atoms with Crippen molar-refractivity contribution in [3.05, 3.63) is 22.2 Å². The lowest BCUT2D eigenvalue weighted by atomic mass is 10.1. The Balaban J connectivity index is 2.84. The molecule has 1 aromatic rings. The molecule has 0 unspecified atom stereocenters. The first kappa shape index (κ1) is 15.8. The largest absolute Gasteiger partial charge is 0.550 e. The van der Waals surface area contributed by atoms with Crippen molar-refractivity contribution < 1.29 is 19.4 Å². The van der Waals surface area contributed by atoms with Gasteiger partial charge in [0.25, 0.3) is 0 Å². The molecule has 5 heteroatoms. The van der Waals surface area contributed by atoms with Gasteiger partial charge in [-0.15, -0.1) is 0 Å². The Bertz CT molecular complexity index is 432. The van der Waals surface area contributed by atoms with Crippen LogP contribution in [0.25, 0.3) is 0 Å². The van der Waals surface area contributed by atoms with E-state index >= 15 is 0 Å². The molecule has 1 rings (SSSR count). The number of rotatable bonds is 8. The number of aliphatic carboxylic acids is 1. The van der Waals surface area contributed by atoms with Gasteiger partial charge in [-0.05, 0) is 52.9 Å². The first-order chi connectivity index (χ1) is 9.08. The molecular formula is C14H18BrO4-. The van der Waals surface area contributed by atoms with Crippen LogP contribution in [-0.2, 0) is 11.2 Å². The van der Waals surface area contributed by atoms with Crippen molar-refractivity contribution in [1.82, 2.24) is 0 Å². The molecule has 19 heavy (non-hydrogen) atoms. The fourth-order valence-electron chi connectivity index (χ4n) is 1.62. The predicted octanol–water partition coefficient (Wildman–Crippen LogP) is 2.32. The Morgan fingerprint density at radius 1 is 1.42 bits per heavy atom. The minimum absolute atomic E-state index is 0.00830. The van der Waals surface area contributed by atoms with Crippen LogP contribution < -0.4 is 14.6 Å². The number of unbranched alkanes of at least 4 members (excludes halogenated alkanes) is 1. The lowest BCUT2D eigenvalue weighted by Crippen LogP contribution is -2.22. The topological polar surface area (TPSA) is 58.6 Å². The summed E-state index contributed by atoms with van der Waals surface area (Å²) in [5.74, 6) is 0.213. The monoisotopic (exact) mass is 329 g/mol. The second-order valence-corrected chi connectivity index (χ2v) is 5.04. The van der Waals surface area contributed by atoms with Gasteiger partial charge >= 0.3 is 0 Å². The molecule has 0 aliphatic heterocycles. The van der Waals surface area contributed by atoms with E-state index in [2.05, 4.69) is 22.9 Å². The van der Waals surface area contributed by atoms with Gasteiger partial charge in [0.05, 0.1) is 18.2 Å². The fourth-order valence-corrected chi connectivity index (χ4v) is 2.23. The van der Waals surface area contributed by atoms with Crippen LogP contribution in [0.2, 0.25) is 0 Å². The maximum atomic E-state index is 10.5. The summed E-state index contributed by atoms with van der Waals surface area (Å²) in [7, 11) is 1.57. The molecule has 106 valence electrons. The number of aryl methyl sites for hydroxylation is 1. The van der Waals surface area contributed by atoms with Crippen molar-refractivity contribution in [2.75, 3.05) is 13.7 Å². The number of hydrogen-bond donors (Lipinski definition) is 0. The van der Waals surface area contributed by atoms with Gasteiger partial charge in [-0.25, -0.2) is 0 Å². The van der Waals surface area contributed by atoms with E-state index in [4.69, 9.17) is 9.47 Å².